The van der Waals surface area contributed by atoms with E-state index >= 15 is 0 Å². The maximum Gasteiger partial charge on any atom is 0.270 e. The van der Waals surface area contributed by atoms with E-state index in [-0.39, 0.29) is 27.4 Å². The monoisotopic (exact) mass is 448 g/mol. The number of hydrogen-bond acceptors (Lipinski definition) is 8. The van der Waals surface area contributed by atoms with E-state index in [4.69, 9.17) is 4.74 Å². The fraction of sp³-hybridized carbons (Fsp3) is 0.111. The van der Waals surface area contributed by atoms with E-state index in [2.05, 4.69) is 15.0 Å². The second kappa shape index (κ2) is 8.47. The highest BCUT2D eigenvalue weighted by Gasteiger charge is 2.19. The topological polar surface area (TPSA) is 141 Å². The normalized spacial score (nSPS) is 11.0. The lowest BCUT2D eigenvalue weighted by Crippen LogP contribution is -2.14. The van der Waals surface area contributed by atoms with Gasteiger partial charge >= 0.3 is 0 Å². The van der Waals surface area contributed by atoms with E-state index in [0.29, 0.717) is 16.9 Å². The van der Waals surface area contributed by atoms with Gasteiger partial charge in [0.1, 0.15) is 5.75 Å². The molecule has 0 atom stereocenters. The molecule has 0 bridgehead atoms. The van der Waals surface area contributed by atoms with Crippen LogP contribution in [0.3, 0.4) is 0 Å². The molecule has 156 valence electrons. The van der Waals surface area contributed by atoms with Crippen LogP contribution < -0.4 is 14.8 Å². The van der Waals surface area contributed by atoms with Gasteiger partial charge in [-0.3, -0.25) is 19.6 Å². The first-order valence-corrected chi connectivity index (χ1v) is 10.7. The Labute approximate surface area is 175 Å². The van der Waals surface area contributed by atoms with E-state index in [1.807, 2.05) is 0 Å². The van der Waals surface area contributed by atoms with Crippen LogP contribution in [0.25, 0.3) is 11.3 Å². The summed E-state index contributed by atoms with van der Waals surface area (Å²) in [6, 6.07) is 9.92. The van der Waals surface area contributed by atoms with Gasteiger partial charge in [-0.2, -0.15) is 0 Å². The summed E-state index contributed by atoms with van der Waals surface area (Å²) in [7, 11) is -2.63. The molecular weight excluding hydrogens is 432 g/mol. The average molecular weight is 448 g/mol. The molecule has 0 radical (unpaired) electrons. The standard InChI is InChI=1S/C18H16N4O6S2/c1-11(23)19-15-7-6-14(9-17(15)28-2)30(26,27)21-18-20-16(10-29-18)12-4-3-5-13(8-12)22(24)25/h3-10H,1-2H3,(H,19,23)(H,20,21). The number of carbonyl (C=O) groups excluding carboxylic acids is 1. The summed E-state index contributed by atoms with van der Waals surface area (Å²) in [5, 5.41) is 15.2. The molecule has 30 heavy (non-hydrogen) atoms. The number of aromatic nitrogens is 1. The van der Waals surface area contributed by atoms with Crippen LogP contribution in [0.1, 0.15) is 6.92 Å². The van der Waals surface area contributed by atoms with Crippen molar-refractivity contribution in [1.29, 1.82) is 0 Å². The van der Waals surface area contributed by atoms with Crippen LogP contribution in [0, 0.1) is 10.1 Å². The summed E-state index contributed by atoms with van der Waals surface area (Å²) in [5.41, 5.74) is 1.15. The third kappa shape index (κ3) is 4.72. The fourth-order valence-corrected chi connectivity index (χ4v) is 4.52. The first kappa shape index (κ1) is 21.2. The zero-order valence-electron chi connectivity index (χ0n) is 15.8. The molecule has 1 heterocycles. The number of amides is 1. The van der Waals surface area contributed by atoms with Crippen LogP contribution in [-0.2, 0) is 14.8 Å². The number of non-ortho nitro benzene ring substituents is 1. The molecule has 0 fully saturated rings. The number of anilines is 2. The summed E-state index contributed by atoms with van der Waals surface area (Å²) >= 11 is 1.04. The van der Waals surface area contributed by atoms with Crippen molar-refractivity contribution in [3.05, 3.63) is 58.0 Å². The second-order valence-electron chi connectivity index (χ2n) is 5.99. The highest BCUT2D eigenvalue weighted by Crippen LogP contribution is 2.31. The minimum absolute atomic E-state index is 0.0828. The van der Waals surface area contributed by atoms with Crippen molar-refractivity contribution in [3.63, 3.8) is 0 Å². The molecule has 0 aliphatic carbocycles. The van der Waals surface area contributed by atoms with Crippen molar-refractivity contribution in [2.75, 3.05) is 17.1 Å². The number of rotatable bonds is 7. The lowest BCUT2D eigenvalue weighted by atomic mass is 10.1. The molecule has 0 aliphatic rings. The van der Waals surface area contributed by atoms with Gasteiger partial charge in [0, 0.05) is 36.1 Å². The van der Waals surface area contributed by atoms with Gasteiger partial charge in [-0.05, 0) is 12.1 Å². The largest absolute Gasteiger partial charge is 0.495 e. The second-order valence-corrected chi connectivity index (χ2v) is 8.53. The van der Waals surface area contributed by atoms with E-state index in [0.717, 1.165) is 11.3 Å². The lowest BCUT2D eigenvalue weighted by Gasteiger charge is -2.11. The molecule has 1 amide bonds. The number of ether oxygens (including phenoxy) is 1. The summed E-state index contributed by atoms with van der Waals surface area (Å²) in [5.74, 6) is -0.136. The molecule has 0 unspecified atom stereocenters. The number of carbonyl (C=O) groups is 1. The van der Waals surface area contributed by atoms with E-state index < -0.39 is 14.9 Å². The van der Waals surface area contributed by atoms with Gasteiger partial charge in [0.2, 0.25) is 5.91 Å². The number of benzene rings is 2. The molecule has 3 rings (SSSR count). The predicted octanol–water partition coefficient (Wildman–Crippen LogP) is 3.49. The third-order valence-corrected chi connectivity index (χ3v) is 6.10. The first-order chi connectivity index (χ1) is 14.2. The Morgan fingerprint density at radius 3 is 2.67 bits per heavy atom. The Morgan fingerprint density at radius 1 is 1.23 bits per heavy atom. The zero-order valence-corrected chi connectivity index (χ0v) is 17.4. The molecule has 1 aromatic heterocycles. The molecule has 0 spiro atoms. The van der Waals surface area contributed by atoms with E-state index in [1.165, 1.54) is 50.4 Å². The number of methoxy groups -OCH3 is 1. The number of hydrogen-bond donors (Lipinski definition) is 2. The smallest absolute Gasteiger partial charge is 0.270 e. The van der Waals surface area contributed by atoms with Gasteiger partial charge < -0.3 is 10.1 Å². The van der Waals surface area contributed by atoms with Crippen LogP contribution in [0.4, 0.5) is 16.5 Å². The van der Waals surface area contributed by atoms with Crippen LogP contribution in [0.5, 0.6) is 5.75 Å². The van der Waals surface area contributed by atoms with Gasteiger partial charge in [-0.1, -0.05) is 12.1 Å². The fourth-order valence-electron chi connectivity index (χ4n) is 2.54. The Morgan fingerprint density at radius 2 is 2.00 bits per heavy atom. The highest BCUT2D eigenvalue weighted by molar-refractivity contribution is 7.93. The van der Waals surface area contributed by atoms with Crippen LogP contribution in [0.2, 0.25) is 0 Å². The van der Waals surface area contributed by atoms with Gasteiger partial charge in [-0.15, -0.1) is 11.3 Å². The van der Waals surface area contributed by atoms with Crippen LogP contribution >= 0.6 is 11.3 Å². The molecular formula is C18H16N4O6S2. The maximum atomic E-state index is 12.7. The Balaban J connectivity index is 1.85. The highest BCUT2D eigenvalue weighted by atomic mass is 32.2. The lowest BCUT2D eigenvalue weighted by molar-refractivity contribution is -0.384. The van der Waals surface area contributed by atoms with Crippen molar-refractivity contribution < 1.29 is 22.9 Å². The third-order valence-electron chi connectivity index (χ3n) is 3.87. The Kier molecular flexibility index (Phi) is 5.99. The summed E-state index contributed by atoms with van der Waals surface area (Å²) in [6.45, 7) is 1.33. The molecule has 3 aromatic rings. The number of nitrogens with zero attached hydrogens (tertiary/aromatic N) is 2. The van der Waals surface area contributed by atoms with E-state index in [9.17, 15) is 23.3 Å². The van der Waals surface area contributed by atoms with Crippen LogP contribution in [0.15, 0.2) is 52.7 Å². The van der Waals surface area contributed by atoms with Crippen LogP contribution in [-0.4, -0.2) is 31.3 Å². The minimum atomic E-state index is -3.98. The number of nitro benzene ring substituents is 1. The summed E-state index contributed by atoms with van der Waals surface area (Å²) < 4.78 is 33.0. The SMILES string of the molecule is COc1cc(S(=O)(=O)Nc2nc(-c3cccc([N+](=O)[O-])c3)cs2)ccc1NC(C)=O. The molecule has 2 N–H and O–H groups in total. The summed E-state index contributed by atoms with van der Waals surface area (Å²) in [6.07, 6.45) is 0. The maximum absolute atomic E-state index is 12.7. The van der Waals surface area contributed by atoms with Crippen molar-refractivity contribution >= 4 is 43.8 Å². The zero-order chi connectivity index (χ0) is 21.9. The molecule has 2 aromatic carbocycles. The quantitative estimate of drug-likeness (QED) is 0.416. The van der Waals surface area contributed by atoms with Crippen molar-refractivity contribution in [2.45, 2.75) is 11.8 Å². The number of thiazole rings is 1. The van der Waals surface area contributed by atoms with Crippen molar-refractivity contribution in [3.8, 4) is 17.0 Å². The predicted molar refractivity (Wildman–Crippen MR) is 112 cm³/mol. The molecule has 0 saturated carbocycles. The van der Waals surface area contributed by atoms with Gasteiger partial charge in [0.25, 0.3) is 15.7 Å². The number of sulfonamides is 1. The summed E-state index contributed by atoms with van der Waals surface area (Å²) in [4.78, 5) is 25.8. The minimum Gasteiger partial charge on any atom is -0.495 e. The molecule has 10 nitrogen and oxygen atoms in total. The molecule has 12 heteroatoms. The van der Waals surface area contributed by atoms with Gasteiger partial charge in [-0.25, -0.2) is 13.4 Å². The Bertz CT molecular complexity index is 1220. The first-order valence-electron chi connectivity index (χ1n) is 8.38. The molecule has 0 saturated heterocycles. The number of nitro groups is 1. The van der Waals surface area contributed by atoms with Crippen molar-refractivity contribution in [2.24, 2.45) is 0 Å². The average Bonchev–Trinajstić information content (AvgIpc) is 3.15. The van der Waals surface area contributed by atoms with E-state index in [1.54, 1.807) is 11.4 Å². The molecule has 0 aliphatic heterocycles. The van der Waals surface area contributed by atoms with Crippen molar-refractivity contribution in [1.82, 2.24) is 4.98 Å². The Hall–Kier alpha value is -3.51. The van der Waals surface area contributed by atoms with Gasteiger partial charge in [0.15, 0.2) is 5.13 Å². The van der Waals surface area contributed by atoms with Gasteiger partial charge in [0.05, 0.1) is 28.3 Å². The number of nitrogens with one attached hydrogen (secondary N) is 2.